The SMILES string of the molecule is Cc1ccc(Oc2cccc(C(=O)O)n2)cc1F. The molecule has 92 valence electrons. The molecule has 0 radical (unpaired) electrons. The Morgan fingerprint density at radius 1 is 1.33 bits per heavy atom. The molecule has 0 saturated heterocycles. The third-order valence-electron chi connectivity index (χ3n) is 2.31. The number of ether oxygens (including phenoxy) is 1. The first-order valence-electron chi connectivity index (χ1n) is 5.20. The Hall–Kier alpha value is -2.43. The van der Waals surface area contributed by atoms with Crippen LogP contribution in [0.1, 0.15) is 16.1 Å². The van der Waals surface area contributed by atoms with E-state index in [1.165, 1.54) is 24.3 Å². The maximum absolute atomic E-state index is 13.3. The van der Waals surface area contributed by atoms with Gasteiger partial charge in [-0.2, -0.15) is 0 Å². The van der Waals surface area contributed by atoms with Gasteiger partial charge in [-0.25, -0.2) is 14.2 Å². The van der Waals surface area contributed by atoms with Crippen molar-refractivity contribution in [1.29, 1.82) is 0 Å². The number of aromatic carboxylic acids is 1. The van der Waals surface area contributed by atoms with Gasteiger partial charge >= 0.3 is 5.97 Å². The van der Waals surface area contributed by atoms with E-state index in [9.17, 15) is 9.18 Å². The lowest BCUT2D eigenvalue weighted by Crippen LogP contribution is -2.00. The van der Waals surface area contributed by atoms with Gasteiger partial charge in [0.1, 0.15) is 11.6 Å². The van der Waals surface area contributed by atoms with Gasteiger partial charge < -0.3 is 9.84 Å². The van der Waals surface area contributed by atoms with E-state index in [4.69, 9.17) is 9.84 Å². The zero-order chi connectivity index (χ0) is 13.1. The molecule has 5 heteroatoms. The molecule has 4 nitrogen and oxygen atoms in total. The maximum Gasteiger partial charge on any atom is 0.354 e. The molecule has 0 unspecified atom stereocenters. The third-order valence-corrected chi connectivity index (χ3v) is 2.31. The molecule has 0 saturated carbocycles. The van der Waals surface area contributed by atoms with Crippen molar-refractivity contribution in [2.75, 3.05) is 0 Å². The number of carboxylic acids is 1. The number of hydrogen-bond donors (Lipinski definition) is 1. The quantitative estimate of drug-likeness (QED) is 0.905. The zero-order valence-electron chi connectivity index (χ0n) is 9.55. The molecule has 1 aromatic heterocycles. The summed E-state index contributed by atoms with van der Waals surface area (Å²) in [5.41, 5.74) is 0.384. The monoisotopic (exact) mass is 247 g/mol. The molecule has 1 aromatic carbocycles. The van der Waals surface area contributed by atoms with Gasteiger partial charge in [0.15, 0.2) is 5.69 Å². The Labute approximate surface area is 103 Å². The summed E-state index contributed by atoms with van der Waals surface area (Å²) in [4.78, 5) is 14.5. The van der Waals surface area contributed by atoms with Crippen LogP contribution in [0.15, 0.2) is 36.4 Å². The van der Waals surface area contributed by atoms with Crippen molar-refractivity contribution in [3.63, 3.8) is 0 Å². The number of pyridine rings is 1. The van der Waals surface area contributed by atoms with Gasteiger partial charge in [-0.15, -0.1) is 0 Å². The van der Waals surface area contributed by atoms with Crippen LogP contribution in [0.5, 0.6) is 11.6 Å². The van der Waals surface area contributed by atoms with E-state index in [2.05, 4.69) is 4.98 Å². The van der Waals surface area contributed by atoms with Gasteiger partial charge in [-0.05, 0) is 24.6 Å². The highest BCUT2D eigenvalue weighted by molar-refractivity contribution is 5.85. The number of rotatable bonds is 3. The number of hydrogen-bond acceptors (Lipinski definition) is 3. The average molecular weight is 247 g/mol. The van der Waals surface area contributed by atoms with Crippen molar-refractivity contribution in [2.45, 2.75) is 6.92 Å². The van der Waals surface area contributed by atoms with Crippen LogP contribution in [-0.4, -0.2) is 16.1 Å². The predicted octanol–water partition coefficient (Wildman–Crippen LogP) is 3.02. The Bertz CT molecular complexity index is 599. The van der Waals surface area contributed by atoms with Crippen molar-refractivity contribution in [1.82, 2.24) is 4.98 Å². The number of carbonyl (C=O) groups is 1. The third kappa shape index (κ3) is 2.63. The highest BCUT2D eigenvalue weighted by Gasteiger charge is 2.07. The summed E-state index contributed by atoms with van der Waals surface area (Å²) in [5, 5.41) is 8.78. The lowest BCUT2D eigenvalue weighted by atomic mass is 10.2. The normalized spacial score (nSPS) is 10.1. The summed E-state index contributed by atoms with van der Waals surface area (Å²) in [6.45, 7) is 1.64. The summed E-state index contributed by atoms with van der Waals surface area (Å²) < 4.78 is 18.6. The number of nitrogens with zero attached hydrogens (tertiary/aromatic N) is 1. The van der Waals surface area contributed by atoms with Crippen LogP contribution in [0.25, 0.3) is 0 Å². The topological polar surface area (TPSA) is 59.4 Å². The van der Waals surface area contributed by atoms with Crippen molar-refractivity contribution >= 4 is 5.97 Å². The molecule has 0 aliphatic heterocycles. The van der Waals surface area contributed by atoms with Crippen LogP contribution in [0.3, 0.4) is 0 Å². The molecule has 0 spiro atoms. The Morgan fingerprint density at radius 3 is 2.78 bits per heavy atom. The fraction of sp³-hybridized carbons (Fsp3) is 0.0769. The minimum absolute atomic E-state index is 0.109. The molecule has 2 rings (SSSR count). The molecule has 2 aromatic rings. The molecule has 0 atom stereocenters. The van der Waals surface area contributed by atoms with Crippen LogP contribution in [0.4, 0.5) is 4.39 Å². The minimum atomic E-state index is -1.14. The molecule has 0 fully saturated rings. The van der Waals surface area contributed by atoms with E-state index in [0.717, 1.165) is 0 Å². The number of halogens is 1. The molecule has 0 amide bonds. The Balaban J connectivity index is 2.25. The number of carboxylic acid groups (broad SMARTS) is 1. The van der Waals surface area contributed by atoms with Gasteiger partial charge in [0.05, 0.1) is 0 Å². The first-order valence-corrected chi connectivity index (χ1v) is 5.20. The van der Waals surface area contributed by atoms with Crippen LogP contribution in [-0.2, 0) is 0 Å². The fourth-order valence-electron chi connectivity index (χ4n) is 1.35. The molecule has 1 N–H and O–H groups in total. The second-order valence-corrected chi connectivity index (χ2v) is 3.68. The van der Waals surface area contributed by atoms with Crippen molar-refractivity contribution < 1.29 is 19.0 Å². The van der Waals surface area contributed by atoms with Crippen molar-refractivity contribution in [3.05, 3.63) is 53.5 Å². The molecular weight excluding hydrogens is 237 g/mol. The molecule has 0 bridgehead atoms. The Kier molecular flexibility index (Phi) is 3.23. The standard InChI is InChI=1S/C13H10FNO3/c1-8-5-6-9(7-10(8)14)18-12-4-2-3-11(15-12)13(16)17/h2-7H,1H3,(H,16,17). The van der Waals surface area contributed by atoms with Crippen molar-refractivity contribution in [3.8, 4) is 11.6 Å². The summed E-state index contributed by atoms with van der Waals surface area (Å²) >= 11 is 0. The summed E-state index contributed by atoms with van der Waals surface area (Å²) in [6, 6.07) is 8.76. The number of aryl methyl sites for hydroxylation is 1. The van der Waals surface area contributed by atoms with Crippen LogP contribution >= 0.6 is 0 Å². The minimum Gasteiger partial charge on any atom is -0.477 e. The largest absolute Gasteiger partial charge is 0.477 e. The van der Waals surface area contributed by atoms with Crippen LogP contribution in [0, 0.1) is 12.7 Å². The van der Waals surface area contributed by atoms with Gasteiger partial charge in [0.2, 0.25) is 5.88 Å². The molecular formula is C13H10FNO3. The average Bonchev–Trinajstić information content (AvgIpc) is 2.34. The molecule has 0 aliphatic carbocycles. The summed E-state index contributed by atoms with van der Waals surface area (Å²) in [5.74, 6) is -1.15. The fourth-order valence-corrected chi connectivity index (χ4v) is 1.35. The smallest absolute Gasteiger partial charge is 0.354 e. The van der Waals surface area contributed by atoms with E-state index >= 15 is 0 Å². The maximum atomic E-state index is 13.3. The van der Waals surface area contributed by atoms with Crippen LogP contribution < -0.4 is 4.74 Å². The lowest BCUT2D eigenvalue weighted by molar-refractivity contribution is 0.0689. The Morgan fingerprint density at radius 2 is 2.11 bits per heavy atom. The second-order valence-electron chi connectivity index (χ2n) is 3.68. The van der Waals surface area contributed by atoms with E-state index in [0.29, 0.717) is 5.56 Å². The lowest BCUT2D eigenvalue weighted by Gasteiger charge is -2.06. The van der Waals surface area contributed by atoms with Gasteiger partial charge in [-0.1, -0.05) is 12.1 Å². The number of benzene rings is 1. The summed E-state index contributed by atoms with van der Waals surface area (Å²) in [7, 11) is 0. The van der Waals surface area contributed by atoms with Gasteiger partial charge in [0, 0.05) is 12.1 Å². The van der Waals surface area contributed by atoms with E-state index in [1.54, 1.807) is 19.1 Å². The van der Waals surface area contributed by atoms with Gasteiger partial charge in [0.25, 0.3) is 0 Å². The molecule has 18 heavy (non-hydrogen) atoms. The first-order chi connectivity index (χ1) is 8.56. The van der Waals surface area contributed by atoms with E-state index in [1.807, 2.05) is 0 Å². The highest BCUT2D eigenvalue weighted by Crippen LogP contribution is 2.21. The second kappa shape index (κ2) is 4.83. The van der Waals surface area contributed by atoms with Gasteiger partial charge in [-0.3, -0.25) is 0 Å². The van der Waals surface area contributed by atoms with Crippen LogP contribution in [0.2, 0.25) is 0 Å². The van der Waals surface area contributed by atoms with E-state index < -0.39 is 5.97 Å². The van der Waals surface area contributed by atoms with Crippen molar-refractivity contribution in [2.24, 2.45) is 0 Å². The molecule has 1 heterocycles. The highest BCUT2D eigenvalue weighted by atomic mass is 19.1. The van der Waals surface area contributed by atoms with E-state index in [-0.39, 0.29) is 23.1 Å². The first kappa shape index (κ1) is 12.0. The molecule has 0 aliphatic rings. The predicted molar refractivity (Wildman–Crippen MR) is 62.4 cm³/mol. The zero-order valence-corrected chi connectivity index (χ0v) is 9.55. The number of aromatic nitrogens is 1. The summed E-state index contributed by atoms with van der Waals surface area (Å²) in [6.07, 6.45) is 0.